The summed E-state index contributed by atoms with van der Waals surface area (Å²) in [6, 6.07) is 0. The Labute approximate surface area is 174 Å². The Hall–Kier alpha value is -0.610. The molecule has 1 N–H and O–H groups in total. The van der Waals surface area contributed by atoms with E-state index in [0.29, 0.717) is 10.9 Å². The molecule has 0 radical (unpaired) electrons. The van der Waals surface area contributed by atoms with Gasteiger partial charge in [0.25, 0.3) is 0 Å². The molecule has 1 aliphatic heterocycles. The molecular formula is C24H47NO3. The lowest BCUT2D eigenvalue weighted by atomic mass is 9.79. The minimum Gasteiger partial charge on any atom is -0.550 e. The summed E-state index contributed by atoms with van der Waals surface area (Å²) in [5.74, 6) is -0.962. The summed E-state index contributed by atoms with van der Waals surface area (Å²) >= 11 is 0. The van der Waals surface area contributed by atoms with Crippen molar-refractivity contribution in [2.75, 3.05) is 27.2 Å². The Morgan fingerprint density at radius 1 is 0.929 bits per heavy atom. The largest absolute Gasteiger partial charge is 0.550 e. The first-order chi connectivity index (χ1) is 13.3. The Kier molecular flexibility index (Phi) is 12.3. The average Bonchev–Trinajstić information content (AvgIpc) is 2.56. The van der Waals surface area contributed by atoms with Gasteiger partial charge in [0, 0.05) is 11.9 Å². The molecule has 0 amide bonds. The summed E-state index contributed by atoms with van der Waals surface area (Å²) in [5, 5.41) is 22.0. The molecule has 1 fully saturated rings. The van der Waals surface area contributed by atoms with Crippen LogP contribution in [0.4, 0.5) is 0 Å². The number of carbonyl (C=O) groups excluding carboxylic acids is 1. The van der Waals surface area contributed by atoms with Crippen molar-refractivity contribution in [3.63, 3.8) is 0 Å². The number of aliphatic hydroxyl groups is 1. The predicted octanol–water partition coefficient (Wildman–Crippen LogP) is 4.44. The van der Waals surface area contributed by atoms with Gasteiger partial charge >= 0.3 is 0 Å². The minimum absolute atomic E-state index is 0.0284. The van der Waals surface area contributed by atoms with Gasteiger partial charge in [-0.05, 0) is 19.3 Å². The van der Waals surface area contributed by atoms with Gasteiger partial charge in [0.1, 0.15) is 12.1 Å². The second kappa shape index (κ2) is 13.6. The fourth-order valence-electron chi connectivity index (χ4n) is 5.25. The highest BCUT2D eigenvalue weighted by Gasteiger charge is 2.43. The number of hydrogen-bond donors (Lipinski definition) is 1. The number of quaternary nitrogens is 1. The van der Waals surface area contributed by atoms with Crippen LogP contribution in [-0.4, -0.2) is 48.3 Å². The Bertz CT molecular complexity index is 424. The molecule has 0 unspecified atom stereocenters. The lowest BCUT2D eigenvalue weighted by Crippen LogP contribution is -2.59. The molecule has 0 saturated carbocycles. The van der Waals surface area contributed by atoms with E-state index >= 15 is 0 Å². The zero-order valence-corrected chi connectivity index (χ0v) is 19.0. The van der Waals surface area contributed by atoms with Crippen LogP contribution in [0.2, 0.25) is 0 Å². The number of carboxylic acid groups (broad SMARTS) is 1. The number of piperidine rings is 1. The summed E-state index contributed by atoms with van der Waals surface area (Å²) in [6.45, 7) is 3.81. The molecule has 4 heteroatoms. The zero-order valence-electron chi connectivity index (χ0n) is 19.0. The molecule has 0 aromatic heterocycles. The van der Waals surface area contributed by atoms with Gasteiger partial charge in [-0.1, -0.05) is 90.4 Å². The van der Waals surface area contributed by atoms with Gasteiger partial charge in [0.15, 0.2) is 0 Å². The quantitative estimate of drug-likeness (QED) is 0.309. The topological polar surface area (TPSA) is 60.4 Å². The van der Waals surface area contributed by atoms with Crippen LogP contribution in [0.5, 0.6) is 0 Å². The number of carbonyl (C=O) groups is 1. The monoisotopic (exact) mass is 397 g/mol. The second-order valence-corrected chi connectivity index (χ2v) is 10.1. The standard InChI is InChI=1S/C24H47NO3/c1-4-5-6-7-8-9-10-11-12-13-14-15-16-17-24(28)19-22(18-23(26)27)20-25(2,3)21-24/h22,28H,4-21H2,1-3H3/t22-,24-/m0/s1. The number of carboxylic acids is 1. The highest BCUT2D eigenvalue weighted by molar-refractivity contribution is 5.64. The lowest BCUT2D eigenvalue weighted by Gasteiger charge is -2.46. The molecular weight excluding hydrogens is 350 g/mol. The van der Waals surface area contributed by atoms with Crippen molar-refractivity contribution in [2.45, 2.75) is 115 Å². The summed E-state index contributed by atoms with van der Waals surface area (Å²) in [7, 11) is 4.19. The molecule has 4 nitrogen and oxygen atoms in total. The van der Waals surface area contributed by atoms with E-state index in [1.54, 1.807) is 0 Å². The first-order valence-electron chi connectivity index (χ1n) is 12.0. The van der Waals surface area contributed by atoms with Gasteiger partial charge in [-0.25, -0.2) is 0 Å². The molecule has 1 heterocycles. The molecule has 1 saturated heterocycles. The normalized spacial score (nSPS) is 24.4. The van der Waals surface area contributed by atoms with Gasteiger partial charge < -0.3 is 19.5 Å². The van der Waals surface area contributed by atoms with Crippen LogP contribution in [0, 0.1) is 5.92 Å². The number of nitrogens with zero attached hydrogens (tertiary/aromatic N) is 1. The number of likely N-dealkylation sites (N-methyl/N-ethyl adjacent to an activating group) is 1. The third kappa shape index (κ3) is 12.1. The summed E-state index contributed by atoms with van der Waals surface area (Å²) in [5.41, 5.74) is -0.709. The number of unbranched alkanes of at least 4 members (excludes halogenated alkanes) is 12. The van der Waals surface area contributed by atoms with Crippen LogP contribution < -0.4 is 5.11 Å². The third-order valence-corrected chi connectivity index (χ3v) is 6.34. The van der Waals surface area contributed by atoms with Crippen molar-refractivity contribution in [3.05, 3.63) is 0 Å². The van der Waals surface area contributed by atoms with E-state index in [9.17, 15) is 15.0 Å². The first kappa shape index (κ1) is 25.4. The number of hydrogen-bond acceptors (Lipinski definition) is 3. The number of aliphatic carboxylic acids is 1. The van der Waals surface area contributed by atoms with E-state index in [2.05, 4.69) is 21.0 Å². The summed E-state index contributed by atoms with van der Waals surface area (Å²) < 4.78 is 0.701. The van der Waals surface area contributed by atoms with Crippen LogP contribution in [0.1, 0.15) is 110 Å². The fraction of sp³-hybridized carbons (Fsp3) is 0.958. The predicted molar refractivity (Wildman–Crippen MR) is 115 cm³/mol. The first-order valence-corrected chi connectivity index (χ1v) is 12.0. The lowest BCUT2D eigenvalue weighted by molar-refractivity contribution is -0.906. The van der Waals surface area contributed by atoms with Crippen molar-refractivity contribution in [3.8, 4) is 0 Å². The molecule has 0 spiro atoms. The van der Waals surface area contributed by atoms with Crippen molar-refractivity contribution >= 4 is 5.97 Å². The molecule has 2 atom stereocenters. The van der Waals surface area contributed by atoms with Gasteiger partial charge in [-0.3, -0.25) is 0 Å². The van der Waals surface area contributed by atoms with Crippen molar-refractivity contribution in [1.29, 1.82) is 0 Å². The van der Waals surface area contributed by atoms with Crippen LogP contribution in [0.15, 0.2) is 0 Å². The molecule has 0 aromatic rings. The SMILES string of the molecule is CCCCCCCCCCCCCCC[C@]1(O)C[C@H](CC(=O)[O-])C[N+](C)(C)C1. The van der Waals surface area contributed by atoms with Gasteiger partial charge in [-0.15, -0.1) is 0 Å². The molecule has 28 heavy (non-hydrogen) atoms. The van der Waals surface area contributed by atoms with Gasteiger partial charge in [0.2, 0.25) is 0 Å². The highest BCUT2D eigenvalue weighted by Crippen LogP contribution is 2.34. The summed E-state index contributed by atoms with van der Waals surface area (Å²) in [6.07, 6.45) is 18.7. The highest BCUT2D eigenvalue weighted by atomic mass is 16.4. The van der Waals surface area contributed by atoms with Crippen LogP contribution in [-0.2, 0) is 4.79 Å². The molecule has 0 aromatic carbocycles. The van der Waals surface area contributed by atoms with Crippen LogP contribution in [0.3, 0.4) is 0 Å². The molecule has 0 bridgehead atoms. The molecule has 166 valence electrons. The maximum Gasteiger partial charge on any atom is 0.114 e. The van der Waals surface area contributed by atoms with E-state index in [1.165, 1.54) is 77.0 Å². The zero-order chi connectivity index (χ0) is 20.9. The van der Waals surface area contributed by atoms with Crippen LogP contribution >= 0.6 is 0 Å². The molecule has 1 aliphatic rings. The smallest absolute Gasteiger partial charge is 0.114 e. The average molecular weight is 398 g/mol. The van der Waals surface area contributed by atoms with Crippen molar-refractivity contribution < 1.29 is 19.5 Å². The van der Waals surface area contributed by atoms with Gasteiger partial charge in [0.05, 0.1) is 20.6 Å². The van der Waals surface area contributed by atoms with Gasteiger partial charge in [-0.2, -0.15) is 0 Å². The molecule has 1 rings (SSSR count). The Balaban J connectivity index is 2.07. The Morgan fingerprint density at radius 2 is 1.39 bits per heavy atom. The van der Waals surface area contributed by atoms with E-state index in [0.717, 1.165) is 25.9 Å². The van der Waals surface area contributed by atoms with E-state index in [4.69, 9.17) is 0 Å². The Morgan fingerprint density at radius 3 is 1.86 bits per heavy atom. The van der Waals surface area contributed by atoms with E-state index < -0.39 is 11.6 Å². The maximum atomic E-state index is 11.0. The number of rotatable bonds is 16. The second-order valence-electron chi connectivity index (χ2n) is 10.1. The minimum atomic E-state index is -0.991. The molecule has 0 aliphatic carbocycles. The summed E-state index contributed by atoms with van der Waals surface area (Å²) in [4.78, 5) is 11.0. The van der Waals surface area contributed by atoms with Crippen LogP contribution in [0.25, 0.3) is 0 Å². The fourth-order valence-corrected chi connectivity index (χ4v) is 5.25. The van der Waals surface area contributed by atoms with Crippen molar-refractivity contribution in [2.24, 2.45) is 5.92 Å². The van der Waals surface area contributed by atoms with Crippen molar-refractivity contribution in [1.82, 2.24) is 0 Å². The maximum absolute atomic E-state index is 11.0. The number of likely N-dealkylation sites (tertiary alicyclic amines) is 1. The van der Waals surface area contributed by atoms with E-state index in [-0.39, 0.29) is 12.3 Å². The third-order valence-electron chi connectivity index (χ3n) is 6.34. The van der Waals surface area contributed by atoms with E-state index in [1.807, 2.05) is 0 Å².